The summed E-state index contributed by atoms with van der Waals surface area (Å²) in [6, 6.07) is 12.8. The van der Waals surface area contributed by atoms with E-state index < -0.39 is 11.8 Å². The van der Waals surface area contributed by atoms with Crippen molar-refractivity contribution in [3.63, 3.8) is 0 Å². The van der Waals surface area contributed by atoms with Crippen molar-refractivity contribution < 1.29 is 14.0 Å². The van der Waals surface area contributed by atoms with Crippen LogP contribution < -0.4 is 0 Å². The van der Waals surface area contributed by atoms with E-state index in [1.807, 2.05) is 31.2 Å². The van der Waals surface area contributed by atoms with Crippen molar-refractivity contribution >= 4 is 29.5 Å². The summed E-state index contributed by atoms with van der Waals surface area (Å²) in [5.41, 5.74) is 1.39. The third kappa shape index (κ3) is 4.18. The summed E-state index contributed by atoms with van der Waals surface area (Å²) in [7, 11) is 0. The van der Waals surface area contributed by atoms with Gasteiger partial charge >= 0.3 is 0 Å². The van der Waals surface area contributed by atoms with Gasteiger partial charge < -0.3 is 4.42 Å². The first-order valence-electron chi connectivity index (χ1n) is 9.52. The molecule has 1 aromatic heterocycles. The first kappa shape index (κ1) is 20.6. The van der Waals surface area contributed by atoms with Crippen molar-refractivity contribution in [2.45, 2.75) is 33.1 Å². The van der Waals surface area contributed by atoms with Gasteiger partial charge in [-0.15, -0.1) is 0 Å². The first-order valence-corrected chi connectivity index (χ1v) is 9.89. The Balaban J connectivity index is 1.98. The molecule has 0 N–H and O–H groups in total. The molecule has 2 amide bonds. The van der Waals surface area contributed by atoms with Crippen LogP contribution >= 0.6 is 11.6 Å². The maximum Gasteiger partial charge on any atom is 0.271 e. The lowest BCUT2D eigenvalue weighted by Crippen LogP contribution is -2.43. The molecule has 3 rings (SSSR count). The predicted octanol–water partition coefficient (Wildman–Crippen LogP) is 5.38. The highest BCUT2D eigenvalue weighted by Crippen LogP contribution is 2.32. The van der Waals surface area contributed by atoms with Crippen molar-refractivity contribution in [3.8, 4) is 17.4 Å². The molecule has 0 atom stereocenters. The second kappa shape index (κ2) is 8.93. The number of rotatable bonds is 6. The van der Waals surface area contributed by atoms with E-state index >= 15 is 0 Å². The number of nitrogens with zero attached hydrogens (tertiary/aromatic N) is 2. The van der Waals surface area contributed by atoms with Gasteiger partial charge in [0.2, 0.25) is 0 Å². The van der Waals surface area contributed by atoms with Crippen LogP contribution in [0.4, 0.5) is 0 Å². The van der Waals surface area contributed by atoms with Crippen LogP contribution in [0.25, 0.3) is 17.4 Å². The van der Waals surface area contributed by atoms with Crippen LogP contribution in [0.15, 0.2) is 57.5 Å². The van der Waals surface area contributed by atoms with E-state index in [0.717, 1.165) is 23.3 Å². The van der Waals surface area contributed by atoms with Crippen molar-refractivity contribution in [3.05, 3.63) is 63.9 Å². The maximum absolute atomic E-state index is 13.0. The molecular formula is C23H21ClN2O3. The normalized spacial score (nSPS) is 15.9. The molecule has 29 heavy (non-hydrogen) atoms. The number of furan rings is 1. The zero-order chi connectivity index (χ0) is 21.0. The zero-order valence-electron chi connectivity index (χ0n) is 16.4. The van der Waals surface area contributed by atoms with Crippen LogP contribution in [0.3, 0.4) is 0 Å². The molecule has 0 saturated carbocycles. The quantitative estimate of drug-likeness (QED) is 0.365. The summed E-state index contributed by atoms with van der Waals surface area (Å²) in [5.74, 6) is 0.0873. The molecule has 0 aliphatic carbocycles. The van der Waals surface area contributed by atoms with Gasteiger partial charge in [-0.25, -0.2) is 0 Å². The van der Waals surface area contributed by atoms with Gasteiger partial charge in [-0.2, -0.15) is 5.26 Å². The fraction of sp³-hybridized carbons (Fsp3) is 0.261. The average Bonchev–Trinajstić information content (AvgIpc) is 3.17. The van der Waals surface area contributed by atoms with Gasteiger partial charge in [0.25, 0.3) is 11.8 Å². The fourth-order valence-electron chi connectivity index (χ4n) is 3.23. The van der Waals surface area contributed by atoms with Gasteiger partial charge in [-0.3, -0.25) is 14.5 Å². The Morgan fingerprint density at radius 2 is 1.90 bits per heavy atom. The SMILES string of the molecule is CCCCCN1C(=O)C(C#N)=C(C)/C(=C\c2ccc(-c3ccccc3Cl)o2)C1=O. The second-order valence-electron chi connectivity index (χ2n) is 6.82. The van der Waals surface area contributed by atoms with E-state index in [1.54, 1.807) is 31.2 Å². The highest BCUT2D eigenvalue weighted by molar-refractivity contribution is 6.33. The van der Waals surface area contributed by atoms with E-state index in [4.69, 9.17) is 16.0 Å². The van der Waals surface area contributed by atoms with Crippen LogP contribution in [0.5, 0.6) is 0 Å². The summed E-state index contributed by atoms with van der Waals surface area (Å²) in [6.07, 6.45) is 4.15. The summed E-state index contributed by atoms with van der Waals surface area (Å²) < 4.78 is 5.86. The molecule has 0 saturated heterocycles. The minimum Gasteiger partial charge on any atom is -0.457 e. The lowest BCUT2D eigenvalue weighted by molar-refractivity contribution is -0.140. The molecule has 1 aliphatic heterocycles. The van der Waals surface area contributed by atoms with E-state index in [-0.39, 0.29) is 11.1 Å². The van der Waals surface area contributed by atoms with Crippen molar-refractivity contribution in [1.82, 2.24) is 4.90 Å². The van der Waals surface area contributed by atoms with E-state index in [1.165, 1.54) is 0 Å². The predicted molar refractivity (Wildman–Crippen MR) is 112 cm³/mol. The van der Waals surface area contributed by atoms with Crippen LogP contribution in [0, 0.1) is 11.3 Å². The minimum absolute atomic E-state index is 0.00904. The molecule has 2 aromatic rings. The highest BCUT2D eigenvalue weighted by Gasteiger charge is 2.35. The van der Waals surface area contributed by atoms with Gasteiger partial charge in [-0.1, -0.05) is 43.5 Å². The molecule has 6 heteroatoms. The average molecular weight is 409 g/mol. The fourth-order valence-corrected chi connectivity index (χ4v) is 3.46. The molecule has 0 radical (unpaired) electrons. The number of amides is 2. The Morgan fingerprint density at radius 3 is 2.59 bits per heavy atom. The van der Waals surface area contributed by atoms with Crippen molar-refractivity contribution in [2.75, 3.05) is 6.54 Å². The molecule has 1 aliphatic rings. The molecular weight excluding hydrogens is 388 g/mol. The van der Waals surface area contributed by atoms with Crippen LogP contribution in [-0.4, -0.2) is 23.3 Å². The van der Waals surface area contributed by atoms with E-state index in [2.05, 4.69) is 0 Å². The molecule has 1 aromatic carbocycles. The van der Waals surface area contributed by atoms with Gasteiger partial charge in [0.15, 0.2) is 0 Å². The van der Waals surface area contributed by atoms with Crippen molar-refractivity contribution in [1.29, 1.82) is 5.26 Å². The number of hydrogen-bond donors (Lipinski definition) is 0. The summed E-state index contributed by atoms with van der Waals surface area (Å²) in [5, 5.41) is 10.0. The van der Waals surface area contributed by atoms with Crippen LogP contribution in [-0.2, 0) is 9.59 Å². The lowest BCUT2D eigenvalue weighted by Gasteiger charge is -2.27. The molecule has 0 unspecified atom stereocenters. The monoisotopic (exact) mass is 408 g/mol. The molecule has 5 nitrogen and oxygen atoms in total. The van der Waals surface area contributed by atoms with Crippen molar-refractivity contribution in [2.24, 2.45) is 0 Å². The Labute approximate surface area is 174 Å². The van der Waals surface area contributed by atoms with Gasteiger partial charge in [-0.05, 0) is 49.3 Å². The third-order valence-corrected chi connectivity index (χ3v) is 5.19. The summed E-state index contributed by atoms with van der Waals surface area (Å²) in [6.45, 7) is 3.95. The summed E-state index contributed by atoms with van der Waals surface area (Å²) >= 11 is 6.22. The van der Waals surface area contributed by atoms with Gasteiger partial charge in [0.05, 0.1) is 5.02 Å². The number of imide groups is 1. The topological polar surface area (TPSA) is 74.3 Å². The van der Waals surface area contributed by atoms with Crippen LogP contribution in [0.2, 0.25) is 5.02 Å². The maximum atomic E-state index is 13.0. The Hall–Kier alpha value is -3.10. The Kier molecular flexibility index (Phi) is 6.36. The van der Waals surface area contributed by atoms with E-state index in [9.17, 15) is 14.9 Å². The zero-order valence-corrected chi connectivity index (χ0v) is 17.1. The Bertz CT molecular complexity index is 1060. The van der Waals surface area contributed by atoms with E-state index in [0.29, 0.717) is 35.1 Å². The number of unbranched alkanes of at least 4 members (excludes halogenated alkanes) is 2. The third-order valence-electron chi connectivity index (χ3n) is 4.86. The van der Waals surface area contributed by atoms with Gasteiger partial charge in [0, 0.05) is 17.7 Å². The lowest BCUT2D eigenvalue weighted by atomic mass is 9.94. The molecule has 0 fully saturated rings. The van der Waals surface area contributed by atoms with Gasteiger partial charge in [0.1, 0.15) is 23.2 Å². The number of nitriles is 1. The second-order valence-corrected chi connectivity index (χ2v) is 7.23. The number of halogens is 1. The molecule has 148 valence electrons. The summed E-state index contributed by atoms with van der Waals surface area (Å²) in [4.78, 5) is 26.7. The molecule has 0 bridgehead atoms. The van der Waals surface area contributed by atoms with Crippen LogP contribution in [0.1, 0.15) is 38.9 Å². The number of hydrogen-bond acceptors (Lipinski definition) is 4. The largest absolute Gasteiger partial charge is 0.457 e. The number of carbonyl (C=O) groups excluding carboxylic acids is 2. The highest BCUT2D eigenvalue weighted by atomic mass is 35.5. The molecule has 0 spiro atoms. The standard InChI is InChI=1S/C23H21ClN2O3/c1-3-4-7-12-26-22(27)18(15(2)19(14-25)23(26)28)13-16-10-11-21(29-16)17-8-5-6-9-20(17)24/h5-6,8-11,13H,3-4,7,12H2,1-2H3/b18-13+. The molecule has 2 heterocycles. The first-order chi connectivity index (χ1) is 14.0. The number of benzene rings is 1. The Morgan fingerprint density at radius 1 is 1.14 bits per heavy atom. The minimum atomic E-state index is -0.528. The smallest absolute Gasteiger partial charge is 0.271 e. The number of carbonyl (C=O) groups is 2.